The van der Waals surface area contributed by atoms with Crippen molar-refractivity contribution in [2.75, 3.05) is 4.72 Å². The molecule has 2 aromatic rings. The molecule has 0 aliphatic heterocycles. The first-order chi connectivity index (χ1) is 9.83. The molecular weight excluding hydrogens is 291 g/mol. The second-order valence-electron chi connectivity index (χ2n) is 4.86. The van der Waals surface area contributed by atoms with Crippen LogP contribution in [0.3, 0.4) is 0 Å². The molecule has 112 valence electrons. The van der Waals surface area contributed by atoms with Crippen molar-refractivity contribution in [2.24, 2.45) is 5.73 Å². The number of anilines is 1. The maximum atomic E-state index is 13.4. The third kappa shape index (κ3) is 3.40. The minimum absolute atomic E-state index is 0.00500. The summed E-state index contributed by atoms with van der Waals surface area (Å²) < 4.78 is 40.4. The maximum Gasteiger partial charge on any atom is 0.261 e. The Morgan fingerprint density at radius 2 is 1.81 bits per heavy atom. The third-order valence-electron chi connectivity index (χ3n) is 3.31. The predicted molar refractivity (Wildman–Crippen MR) is 81.0 cm³/mol. The van der Waals surface area contributed by atoms with Crippen LogP contribution in [-0.2, 0) is 16.6 Å². The van der Waals surface area contributed by atoms with Crippen molar-refractivity contribution < 1.29 is 12.8 Å². The molecule has 0 fully saturated rings. The van der Waals surface area contributed by atoms with E-state index >= 15 is 0 Å². The number of nitrogens with one attached hydrogen (secondary N) is 1. The van der Waals surface area contributed by atoms with Crippen molar-refractivity contribution in [1.29, 1.82) is 0 Å². The van der Waals surface area contributed by atoms with Gasteiger partial charge in [-0.05, 0) is 55.3 Å². The molecule has 0 bridgehead atoms. The summed E-state index contributed by atoms with van der Waals surface area (Å²) in [4.78, 5) is 0.171. The summed E-state index contributed by atoms with van der Waals surface area (Å²) in [6.45, 7) is 3.76. The Balaban J connectivity index is 2.35. The van der Waals surface area contributed by atoms with Crippen LogP contribution in [0.1, 0.15) is 16.7 Å². The molecule has 0 aliphatic carbocycles. The maximum absolute atomic E-state index is 13.4. The van der Waals surface area contributed by atoms with Crippen molar-refractivity contribution in [2.45, 2.75) is 25.3 Å². The smallest absolute Gasteiger partial charge is 0.261 e. The van der Waals surface area contributed by atoms with E-state index in [2.05, 4.69) is 4.72 Å². The lowest BCUT2D eigenvalue weighted by atomic mass is 10.1. The Morgan fingerprint density at radius 3 is 2.43 bits per heavy atom. The Labute approximate surface area is 123 Å². The van der Waals surface area contributed by atoms with Gasteiger partial charge in [0.1, 0.15) is 5.82 Å². The summed E-state index contributed by atoms with van der Waals surface area (Å²) in [5, 5.41) is 0. The molecule has 0 aromatic heterocycles. The van der Waals surface area contributed by atoms with Gasteiger partial charge in [0.2, 0.25) is 0 Å². The fraction of sp³-hybridized carbons (Fsp3) is 0.200. The minimum atomic E-state index is -3.70. The van der Waals surface area contributed by atoms with Crippen molar-refractivity contribution >= 4 is 15.7 Å². The van der Waals surface area contributed by atoms with Crippen molar-refractivity contribution in [1.82, 2.24) is 0 Å². The second kappa shape index (κ2) is 5.83. The highest BCUT2D eigenvalue weighted by atomic mass is 32.2. The number of benzene rings is 2. The number of aryl methyl sites for hydroxylation is 2. The first-order valence-electron chi connectivity index (χ1n) is 6.42. The van der Waals surface area contributed by atoms with E-state index in [9.17, 15) is 12.8 Å². The molecule has 0 heterocycles. The summed E-state index contributed by atoms with van der Waals surface area (Å²) in [7, 11) is -3.70. The molecule has 2 aromatic carbocycles. The summed E-state index contributed by atoms with van der Waals surface area (Å²) >= 11 is 0. The van der Waals surface area contributed by atoms with Gasteiger partial charge in [0.05, 0.1) is 4.90 Å². The molecule has 0 saturated heterocycles. The Kier molecular flexibility index (Phi) is 4.29. The molecule has 3 N–H and O–H groups in total. The quantitative estimate of drug-likeness (QED) is 0.912. The van der Waals surface area contributed by atoms with Gasteiger partial charge >= 0.3 is 0 Å². The van der Waals surface area contributed by atoms with Gasteiger partial charge in [-0.25, -0.2) is 12.8 Å². The fourth-order valence-electron chi connectivity index (χ4n) is 1.89. The number of halogens is 1. The van der Waals surface area contributed by atoms with Gasteiger partial charge in [-0.1, -0.05) is 6.07 Å². The number of nitrogens with two attached hydrogens (primary N) is 1. The van der Waals surface area contributed by atoms with E-state index < -0.39 is 15.8 Å². The van der Waals surface area contributed by atoms with Crippen LogP contribution >= 0.6 is 0 Å². The Morgan fingerprint density at radius 1 is 1.10 bits per heavy atom. The zero-order valence-corrected chi connectivity index (χ0v) is 12.7. The van der Waals surface area contributed by atoms with E-state index in [0.29, 0.717) is 0 Å². The molecule has 21 heavy (non-hydrogen) atoms. The molecule has 0 radical (unpaired) electrons. The zero-order chi connectivity index (χ0) is 15.6. The fourth-order valence-corrected chi connectivity index (χ4v) is 3.02. The molecule has 0 amide bonds. The van der Waals surface area contributed by atoms with Crippen molar-refractivity contribution in [3.8, 4) is 0 Å². The van der Waals surface area contributed by atoms with Crippen LogP contribution in [0, 0.1) is 19.7 Å². The molecule has 0 atom stereocenters. The molecule has 0 unspecified atom stereocenters. The van der Waals surface area contributed by atoms with Crippen LogP contribution in [0.4, 0.5) is 10.1 Å². The minimum Gasteiger partial charge on any atom is -0.326 e. The molecular formula is C15H17FN2O2S. The lowest BCUT2D eigenvalue weighted by molar-refractivity contribution is 0.600. The highest BCUT2D eigenvalue weighted by Gasteiger charge is 2.15. The van der Waals surface area contributed by atoms with Crippen LogP contribution in [0.5, 0.6) is 0 Å². The molecule has 4 nitrogen and oxygen atoms in total. The lowest BCUT2D eigenvalue weighted by Gasteiger charge is -2.11. The van der Waals surface area contributed by atoms with Gasteiger partial charge in [0, 0.05) is 17.8 Å². The standard InChI is InChI=1S/C15H17FN2O2S/c1-10-3-5-14(7-11(10)2)21(19,20)18-13-4-6-15(16)12(8-13)9-17/h3-8,18H,9,17H2,1-2H3. The summed E-state index contributed by atoms with van der Waals surface area (Å²) in [6.07, 6.45) is 0. The molecule has 0 aliphatic rings. The van der Waals surface area contributed by atoms with E-state index in [-0.39, 0.29) is 22.7 Å². The average Bonchev–Trinajstić information content (AvgIpc) is 2.43. The summed E-state index contributed by atoms with van der Waals surface area (Å²) in [5.74, 6) is -0.452. The first-order valence-corrected chi connectivity index (χ1v) is 7.90. The zero-order valence-electron chi connectivity index (χ0n) is 11.9. The van der Waals surface area contributed by atoms with Gasteiger partial charge in [0.15, 0.2) is 0 Å². The largest absolute Gasteiger partial charge is 0.326 e. The third-order valence-corrected chi connectivity index (χ3v) is 4.69. The van der Waals surface area contributed by atoms with Crippen LogP contribution in [0.15, 0.2) is 41.3 Å². The van der Waals surface area contributed by atoms with Gasteiger partial charge < -0.3 is 5.73 Å². The van der Waals surface area contributed by atoms with Crippen LogP contribution in [0.2, 0.25) is 0 Å². The van der Waals surface area contributed by atoms with E-state index in [4.69, 9.17) is 5.73 Å². The van der Waals surface area contributed by atoms with Crippen LogP contribution < -0.4 is 10.5 Å². The van der Waals surface area contributed by atoms with E-state index in [1.165, 1.54) is 24.3 Å². The number of hydrogen-bond acceptors (Lipinski definition) is 3. The normalized spacial score (nSPS) is 11.4. The molecule has 0 spiro atoms. The average molecular weight is 308 g/mol. The van der Waals surface area contributed by atoms with Gasteiger partial charge in [-0.15, -0.1) is 0 Å². The van der Waals surface area contributed by atoms with Crippen LogP contribution in [0.25, 0.3) is 0 Å². The molecule has 6 heteroatoms. The first kappa shape index (κ1) is 15.5. The van der Waals surface area contributed by atoms with E-state index in [0.717, 1.165) is 11.1 Å². The topological polar surface area (TPSA) is 72.2 Å². The SMILES string of the molecule is Cc1ccc(S(=O)(=O)Nc2ccc(F)c(CN)c2)cc1C. The van der Waals surface area contributed by atoms with Gasteiger partial charge in [-0.2, -0.15) is 0 Å². The van der Waals surface area contributed by atoms with Crippen LogP contribution in [-0.4, -0.2) is 8.42 Å². The predicted octanol–water partition coefficient (Wildman–Crippen LogP) is 2.70. The monoisotopic (exact) mass is 308 g/mol. The van der Waals surface area contributed by atoms with Crippen molar-refractivity contribution in [3.63, 3.8) is 0 Å². The van der Waals surface area contributed by atoms with E-state index in [1.807, 2.05) is 13.8 Å². The van der Waals surface area contributed by atoms with Crippen molar-refractivity contribution in [3.05, 3.63) is 58.9 Å². The molecule has 2 rings (SSSR count). The number of rotatable bonds is 4. The number of sulfonamides is 1. The highest BCUT2D eigenvalue weighted by Crippen LogP contribution is 2.20. The number of hydrogen-bond donors (Lipinski definition) is 2. The second-order valence-corrected chi connectivity index (χ2v) is 6.54. The highest BCUT2D eigenvalue weighted by molar-refractivity contribution is 7.92. The van der Waals surface area contributed by atoms with E-state index in [1.54, 1.807) is 12.1 Å². The Bertz CT molecular complexity index is 773. The van der Waals surface area contributed by atoms with Gasteiger partial charge in [0.25, 0.3) is 10.0 Å². The lowest BCUT2D eigenvalue weighted by Crippen LogP contribution is -2.14. The summed E-state index contributed by atoms with van der Waals surface area (Å²) in [6, 6.07) is 8.85. The van der Waals surface area contributed by atoms with Gasteiger partial charge in [-0.3, -0.25) is 4.72 Å². The Hall–Kier alpha value is -1.92. The summed E-state index contributed by atoms with van der Waals surface area (Å²) in [5.41, 5.74) is 7.86. The molecule has 0 saturated carbocycles.